The van der Waals surface area contributed by atoms with Gasteiger partial charge in [-0.2, -0.15) is 0 Å². The number of rotatable bonds is 7. The molecule has 2 N–H and O–H groups in total. The van der Waals surface area contributed by atoms with E-state index in [1.165, 1.54) is 7.11 Å². The van der Waals surface area contributed by atoms with Crippen molar-refractivity contribution in [1.82, 2.24) is 15.5 Å². The van der Waals surface area contributed by atoms with Crippen LogP contribution in [-0.4, -0.2) is 55.5 Å². The van der Waals surface area contributed by atoms with Crippen molar-refractivity contribution in [2.24, 2.45) is 0 Å². The number of carbonyl (C=O) groups is 4. The Bertz CT molecular complexity index is 707. The van der Waals surface area contributed by atoms with Crippen LogP contribution in [0.2, 0.25) is 0 Å². The minimum Gasteiger partial charge on any atom is -0.453 e. The third-order valence-corrected chi connectivity index (χ3v) is 4.11. The molecule has 1 aromatic carbocycles. The van der Waals surface area contributed by atoms with Gasteiger partial charge in [-0.1, -0.05) is 15.9 Å². The summed E-state index contributed by atoms with van der Waals surface area (Å²) in [7, 11) is 1.26. The van der Waals surface area contributed by atoms with E-state index < -0.39 is 6.09 Å². The molecule has 9 heteroatoms. The van der Waals surface area contributed by atoms with Crippen LogP contribution in [0.4, 0.5) is 4.79 Å². The topological polar surface area (TPSA) is 105 Å². The van der Waals surface area contributed by atoms with Crippen molar-refractivity contribution in [3.63, 3.8) is 0 Å². The van der Waals surface area contributed by atoms with Gasteiger partial charge in [0, 0.05) is 30.5 Å². The number of halogens is 1. The molecule has 0 saturated heterocycles. The summed E-state index contributed by atoms with van der Waals surface area (Å²) in [5.41, 5.74) is 0.754. The van der Waals surface area contributed by atoms with Gasteiger partial charge in [0.1, 0.15) is 0 Å². The van der Waals surface area contributed by atoms with Gasteiger partial charge in [0.05, 0.1) is 18.2 Å². The van der Waals surface area contributed by atoms with E-state index in [0.717, 1.165) is 9.37 Å². The quantitative estimate of drug-likeness (QED) is 0.519. The van der Waals surface area contributed by atoms with Crippen LogP contribution < -0.4 is 10.6 Å². The van der Waals surface area contributed by atoms with Gasteiger partial charge >= 0.3 is 6.09 Å². The van der Waals surface area contributed by atoms with Crippen LogP contribution in [0.1, 0.15) is 33.6 Å². The van der Waals surface area contributed by atoms with Gasteiger partial charge < -0.3 is 15.4 Å². The molecule has 0 spiro atoms. The minimum atomic E-state index is -0.563. The first-order chi connectivity index (χ1) is 11.9. The Labute approximate surface area is 153 Å². The first kappa shape index (κ1) is 18.9. The summed E-state index contributed by atoms with van der Waals surface area (Å²) in [5.74, 6) is -0.898. The maximum atomic E-state index is 12.3. The van der Waals surface area contributed by atoms with Crippen molar-refractivity contribution in [3.8, 4) is 0 Å². The van der Waals surface area contributed by atoms with E-state index in [9.17, 15) is 19.2 Å². The molecular formula is C16H18BrN3O5. The number of hydrogen-bond acceptors (Lipinski definition) is 5. The fourth-order valence-electron chi connectivity index (χ4n) is 2.39. The Morgan fingerprint density at radius 1 is 1.12 bits per heavy atom. The zero-order chi connectivity index (χ0) is 18.4. The van der Waals surface area contributed by atoms with Crippen molar-refractivity contribution in [2.75, 3.05) is 26.7 Å². The van der Waals surface area contributed by atoms with E-state index in [4.69, 9.17) is 0 Å². The summed E-state index contributed by atoms with van der Waals surface area (Å²) in [4.78, 5) is 48.2. The van der Waals surface area contributed by atoms with Crippen LogP contribution in [0.15, 0.2) is 22.7 Å². The Morgan fingerprint density at radius 3 is 2.52 bits per heavy atom. The molecule has 25 heavy (non-hydrogen) atoms. The SMILES string of the molecule is COC(=O)NCCNC(=O)CCCN1C(=O)c2ccc(Br)cc2C1=O. The number of carbonyl (C=O) groups excluding carboxylic acids is 4. The number of ether oxygens (including phenoxy) is 1. The first-order valence-corrected chi connectivity index (χ1v) is 8.47. The number of benzene rings is 1. The van der Waals surface area contributed by atoms with E-state index >= 15 is 0 Å². The Kier molecular flexibility index (Phi) is 6.51. The van der Waals surface area contributed by atoms with Crippen LogP contribution in [0, 0.1) is 0 Å². The molecule has 0 saturated carbocycles. The van der Waals surface area contributed by atoms with Gasteiger partial charge in [-0.15, -0.1) is 0 Å². The number of alkyl carbamates (subject to hydrolysis) is 1. The molecular weight excluding hydrogens is 394 g/mol. The summed E-state index contributed by atoms with van der Waals surface area (Å²) in [6.45, 7) is 0.707. The molecule has 1 heterocycles. The largest absolute Gasteiger partial charge is 0.453 e. The van der Waals surface area contributed by atoms with Gasteiger partial charge in [-0.25, -0.2) is 4.79 Å². The Balaban J connectivity index is 1.73. The third-order valence-electron chi connectivity index (χ3n) is 3.62. The molecule has 0 atom stereocenters. The average Bonchev–Trinajstić information content (AvgIpc) is 2.82. The molecule has 0 aromatic heterocycles. The molecule has 134 valence electrons. The second-order valence-corrected chi connectivity index (χ2v) is 6.24. The predicted molar refractivity (Wildman–Crippen MR) is 92.2 cm³/mol. The van der Waals surface area contributed by atoms with E-state index in [-0.39, 0.29) is 43.8 Å². The predicted octanol–water partition coefficient (Wildman–Crippen LogP) is 1.30. The van der Waals surface area contributed by atoms with Gasteiger partial charge in [0.2, 0.25) is 5.91 Å². The molecule has 1 aromatic rings. The highest BCUT2D eigenvalue weighted by Gasteiger charge is 2.35. The van der Waals surface area contributed by atoms with Crippen LogP contribution >= 0.6 is 15.9 Å². The Hall–Kier alpha value is -2.42. The summed E-state index contributed by atoms with van der Waals surface area (Å²) in [6.07, 6.45) is -0.0235. The highest BCUT2D eigenvalue weighted by molar-refractivity contribution is 9.10. The molecule has 2 rings (SSSR count). The van der Waals surface area contributed by atoms with Crippen LogP contribution in [0.3, 0.4) is 0 Å². The lowest BCUT2D eigenvalue weighted by Gasteiger charge is -2.13. The molecule has 0 radical (unpaired) electrons. The summed E-state index contributed by atoms with van der Waals surface area (Å²) < 4.78 is 5.13. The second-order valence-electron chi connectivity index (χ2n) is 5.32. The third kappa shape index (κ3) is 4.79. The molecule has 0 aliphatic carbocycles. The van der Waals surface area contributed by atoms with E-state index in [0.29, 0.717) is 17.5 Å². The van der Waals surface area contributed by atoms with Crippen molar-refractivity contribution >= 4 is 39.7 Å². The molecule has 0 fully saturated rings. The van der Waals surface area contributed by atoms with Gasteiger partial charge in [-0.05, 0) is 24.6 Å². The minimum absolute atomic E-state index is 0.176. The van der Waals surface area contributed by atoms with Crippen LogP contribution in [0.5, 0.6) is 0 Å². The van der Waals surface area contributed by atoms with E-state index in [2.05, 4.69) is 31.3 Å². The van der Waals surface area contributed by atoms with Crippen molar-refractivity contribution in [3.05, 3.63) is 33.8 Å². The fourth-order valence-corrected chi connectivity index (χ4v) is 2.75. The van der Waals surface area contributed by atoms with Crippen molar-refractivity contribution < 1.29 is 23.9 Å². The number of hydrogen-bond donors (Lipinski definition) is 2. The molecule has 0 bridgehead atoms. The normalized spacial score (nSPS) is 12.8. The second kappa shape index (κ2) is 8.61. The maximum Gasteiger partial charge on any atom is 0.406 e. The zero-order valence-electron chi connectivity index (χ0n) is 13.6. The fraction of sp³-hybridized carbons (Fsp3) is 0.375. The molecule has 4 amide bonds. The molecule has 8 nitrogen and oxygen atoms in total. The number of nitrogens with one attached hydrogen (secondary N) is 2. The zero-order valence-corrected chi connectivity index (χ0v) is 15.2. The smallest absolute Gasteiger partial charge is 0.406 e. The monoisotopic (exact) mass is 411 g/mol. The maximum absolute atomic E-state index is 12.3. The lowest BCUT2D eigenvalue weighted by molar-refractivity contribution is -0.121. The average molecular weight is 412 g/mol. The highest BCUT2D eigenvalue weighted by Crippen LogP contribution is 2.26. The Morgan fingerprint density at radius 2 is 1.80 bits per heavy atom. The number of methoxy groups -OCH3 is 1. The van der Waals surface area contributed by atoms with Crippen molar-refractivity contribution in [2.45, 2.75) is 12.8 Å². The highest BCUT2D eigenvalue weighted by atomic mass is 79.9. The lowest BCUT2D eigenvalue weighted by atomic mass is 10.1. The van der Waals surface area contributed by atoms with Gasteiger partial charge in [-0.3, -0.25) is 19.3 Å². The lowest BCUT2D eigenvalue weighted by Crippen LogP contribution is -2.35. The van der Waals surface area contributed by atoms with Gasteiger partial charge in [0.25, 0.3) is 11.8 Å². The number of fused-ring (bicyclic) bond motifs is 1. The van der Waals surface area contributed by atoms with E-state index in [1.807, 2.05) is 0 Å². The number of amides is 4. The van der Waals surface area contributed by atoms with Crippen LogP contribution in [0.25, 0.3) is 0 Å². The number of imide groups is 1. The van der Waals surface area contributed by atoms with Crippen molar-refractivity contribution in [1.29, 1.82) is 0 Å². The number of nitrogens with zero attached hydrogens (tertiary/aromatic N) is 1. The van der Waals surface area contributed by atoms with Gasteiger partial charge in [0.15, 0.2) is 0 Å². The van der Waals surface area contributed by atoms with Crippen LogP contribution in [-0.2, 0) is 9.53 Å². The molecule has 0 unspecified atom stereocenters. The van der Waals surface area contributed by atoms with E-state index in [1.54, 1.807) is 18.2 Å². The molecule has 1 aliphatic heterocycles. The first-order valence-electron chi connectivity index (χ1n) is 7.68. The summed E-state index contributed by atoms with van der Waals surface area (Å²) in [6, 6.07) is 4.95. The molecule has 1 aliphatic rings. The standard InChI is InChI=1S/C16H18BrN3O5/c1-25-16(24)19-7-6-18-13(21)3-2-8-20-14(22)11-5-4-10(17)9-12(11)15(20)23/h4-5,9H,2-3,6-8H2,1H3,(H,18,21)(H,19,24). The summed E-state index contributed by atoms with van der Waals surface area (Å²) in [5, 5.41) is 5.07. The summed E-state index contributed by atoms with van der Waals surface area (Å²) >= 11 is 3.28.